The van der Waals surface area contributed by atoms with Crippen LogP contribution in [0, 0.1) is 0 Å². The summed E-state index contributed by atoms with van der Waals surface area (Å²) in [5.41, 5.74) is 0.183. The van der Waals surface area contributed by atoms with E-state index in [-0.39, 0.29) is 6.10 Å². The van der Waals surface area contributed by atoms with Gasteiger partial charge in [-0.15, -0.1) is 0 Å². The molecule has 0 N–H and O–H groups in total. The van der Waals surface area contributed by atoms with E-state index < -0.39 is 5.67 Å². The van der Waals surface area contributed by atoms with Crippen LogP contribution in [0.2, 0.25) is 0 Å². The van der Waals surface area contributed by atoms with Crippen LogP contribution in [-0.4, -0.2) is 12.1 Å². The number of nitrogens with zero attached hydrogens (tertiary/aromatic N) is 1. The summed E-state index contributed by atoms with van der Waals surface area (Å²) in [7, 11) is 1.64. The number of pyridine rings is 1. The second kappa shape index (κ2) is 3.31. The molecule has 0 aliphatic heterocycles. The largest absolute Gasteiger partial charge is 0.375 e. The van der Waals surface area contributed by atoms with Crippen LogP contribution in [0.1, 0.15) is 37.1 Å². The van der Waals surface area contributed by atoms with Gasteiger partial charge in [0.05, 0.1) is 11.8 Å². The number of halogens is 1. The summed E-state index contributed by atoms with van der Waals surface area (Å²) in [6, 6.07) is 3.57. The van der Waals surface area contributed by atoms with Gasteiger partial charge in [-0.1, -0.05) is 6.07 Å². The molecule has 0 aromatic carbocycles. The van der Waals surface area contributed by atoms with Gasteiger partial charge in [0.2, 0.25) is 0 Å². The van der Waals surface area contributed by atoms with Crippen molar-refractivity contribution in [2.45, 2.75) is 31.5 Å². The third kappa shape index (κ3) is 1.42. The van der Waals surface area contributed by atoms with E-state index in [1.807, 2.05) is 0 Å². The molecule has 0 radical (unpaired) electrons. The standard InChI is InChI=1S/C11H14FNO/c1-11(12)6-5-9(14-2)10-8(11)4-3-7-13-10/h3-4,7,9H,5-6H2,1-2H3/t9-,11-/m0/s1. The minimum atomic E-state index is -1.25. The highest BCUT2D eigenvalue weighted by Crippen LogP contribution is 2.42. The molecule has 2 rings (SSSR count). The zero-order chi connectivity index (χ0) is 10.2. The van der Waals surface area contributed by atoms with Crippen LogP contribution < -0.4 is 0 Å². The first-order valence-corrected chi connectivity index (χ1v) is 4.82. The highest BCUT2D eigenvalue weighted by molar-refractivity contribution is 5.30. The summed E-state index contributed by atoms with van der Waals surface area (Å²) >= 11 is 0. The quantitative estimate of drug-likeness (QED) is 0.687. The predicted molar refractivity (Wildman–Crippen MR) is 51.7 cm³/mol. The highest BCUT2D eigenvalue weighted by atomic mass is 19.1. The van der Waals surface area contributed by atoms with E-state index in [9.17, 15) is 4.39 Å². The first-order valence-electron chi connectivity index (χ1n) is 4.82. The smallest absolute Gasteiger partial charge is 0.135 e. The monoisotopic (exact) mass is 195 g/mol. The van der Waals surface area contributed by atoms with Gasteiger partial charge in [-0.25, -0.2) is 4.39 Å². The molecule has 0 unspecified atom stereocenters. The van der Waals surface area contributed by atoms with Crippen molar-refractivity contribution >= 4 is 0 Å². The fourth-order valence-corrected chi connectivity index (χ4v) is 2.02. The summed E-state index contributed by atoms with van der Waals surface area (Å²) < 4.78 is 19.4. The third-order valence-electron chi connectivity index (χ3n) is 2.87. The van der Waals surface area contributed by atoms with E-state index in [0.717, 1.165) is 5.69 Å². The first kappa shape index (κ1) is 9.59. The molecule has 0 spiro atoms. The fourth-order valence-electron chi connectivity index (χ4n) is 2.02. The lowest BCUT2D eigenvalue weighted by atomic mass is 9.83. The Bertz CT molecular complexity index is 338. The van der Waals surface area contributed by atoms with E-state index in [0.29, 0.717) is 18.4 Å². The molecule has 0 fully saturated rings. The molecular weight excluding hydrogens is 181 g/mol. The van der Waals surface area contributed by atoms with Crippen molar-refractivity contribution in [2.24, 2.45) is 0 Å². The molecule has 0 amide bonds. The van der Waals surface area contributed by atoms with Gasteiger partial charge in [-0.05, 0) is 25.8 Å². The topological polar surface area (TPSA) is 22.1 Å². The van der Waals surface area contributed by atoms with Crippen molar-refractivity contribution in [1.82, 2.24) is 4.98 Å². The van der Waals surface area contributed by atoms with E-state index in [1.165, 1.54) is 0 Å². The van der Waals surface area contributed by atoms with E-state index in [4.69, 9.17) is 4.74 Å². The lowest BCUT2D eigenvalue weighted by Gasteiger charge is -2.32. The molecule has 1 aliphatic rings. The molecule has 0 saturated heterocycles. The summed E-state index contributed by atoms with van der Waals surface area (Å²) in [6.45, 7) is 1.61. The Morgan fingerprint density at radius 2 is 2.43 bits per heavy atom. The molecule has 3 heteroatoms. The van der Waals surface area contributed by atoms with E-state index >= 15 is 0 Å². The summed E-state index contributed by atoms with van der Waals surface area (Å²) in [5, 5.41) is 0. The van der Waals surface area contributed by atoms with E-state index in [1.54, 1.807) is 32.4 Å². The number of methoxy groups -OCH3 is 1. The first-order chi connectivity index (χ1) is 6.65. The van der Waals surface area contributed by atoms with Crippen LogP contribution in [0.4, 0.5) is 4.39 Å². The Morgan fingerprint density at radius 1 is 1.64 bits per heavy atom. The van der Waals surface area contributed by atoms with Gasteiger partial charge in [0.25, 0.3) is 0 Å². The molecule has 0 saturated carbocycles. The maximum absolute atomic E-state index is 14.1. The average Bonchev–Trinajstić information content (AvgIpc) is 2.18. The van der Waals surface area contributed by atoms with Gasteiger partial charge in [-0.2, -0.15) is 0 Å². The van der Waals surface area contributed by atoms with Gasteiger partial charge in [0.15, 0.2) is 0 Å². The van der Waals surface area contributed by atoms with Gasteiger partial charge < -0.3 is 4.74 Å². The predicted octanol–water partition coefficient (Wildman–Crippen LogP) is 2.75. The number of aromatic nitrogens is 1. The molecule has 1 aliphatic carbocycles. The van der Waals surface area contributed by atoms with Crippen LogP contribution in [0.3, 0.4) is 0 Å². The number of alkyl halides is 1. The number of ether oxygens (including phenoxy) is 1. The lowest BCUT2D eigenvalue weighted by molar-refractivity contribution is 0.0447. The van der Waals surface area contributed by atoms with Gasteiger partial charge in [-0.3, -0.25) is 4.98 Å². The highest BCUT2D eigenvalue weighted by Gasteiger charge is 2.36. The minimum Gasteiger partial charge on any atom is -0.375 e. The molecule has 0 bridgehead atoms. The van der Waals surface area contributed by atoms with Crippen molar-refractivity contribution < 1.29 is 9.13 Å². The Hall–Kier alpha value is -0.960. The number of rotatable bonds is 1. The van der Waals surface area contributed by atoms with Crippen molar-refractivity contribution in [1.29, 1.82) is 0 Å². The molecule has 1 aromatic rings. The summed E-state index contributed by atoms with van der Waals surface area (Å²) in [6.07, 6.45) is 2.85. The molecular formula is C11H14FNO. The van der Waals surface area contributed by atoms with Crippen molar-refractivity contribution in [2.75, 3.05) is 7.11 Å². The maximum atomic E-state index is 14.1. The zero-order valence-corrected chi connectivity index (χ0v) is 8.46. The van der Waals surface area contributed by atoms with Gasteiger partial charge >= 0.3 is 0 Å². The molecule has 2 atom stereocenters. The van der Waals surface area contributed by atoms with Crippen molar-refractivity contribution in [3.05, 3.63) is 29.6 Å². The van der Waals surface area contributed by atoms with Crippen molar-refractivity contribution in [3.8, 4) is 0 Å². The van der Waals surface area contributed by atoms with Crippen LogP contribution in [0.25, 0.3) is 0 Å². The molecule has 14 heavy (non-hydrogen) atoms. The number of fused-ring (bicyclic) bond motifs is 1. The fraction of sp³-hybridized carbons (Fsp3) is 0.545. The zero-order valence-electron chi connectivity index (χ0n) is 8.46. The van der Waals surface area contributed by atoms with Crippen LogP contribution >= 0.6 is 0 Å². The number of hydrogen-bond donors (Lipinski definition) is 0. The van der Waals surface area contributed by atoms with Crippen LogP contribution in [0.15, 0.2) is 18.3 Å². The Balaban J connectivity index is 2.49. The summed E-state index contributed by atoms with van der Waals surface area (Å²) in [4.78, 5) is 4.20. The Morgan fingerprint density at radius 3 is 3.14 bits per heavy atom. The Labute approximate surface area is 83.1 Å². The van der Waals surface area contributed by atoms with Gasteiger partial charge in [0, 0.05) is 18.9 Å². The third-order valence-corrected chi connectivity index (χ3v) is 2.87. The lowest BCUT2D eigenvalue weighted by Crippen LogP contribution is -2.26. The summed E-state index contributed by atoms with van der Waals surface area (Å²) in [5.74, 6) is 0. The van der Waals surface area contributed by atoms with Crippen LogP contribution in [0.5, 0.6) is 0 Å². The van der Waals surface area contributed by atoms with E-state index in [2.05, 4.69) is 4.98 Å². The normalized spacial score (nSPS) is 31.2. The van der Waals surface area contributed by atoms with Crippen molar-refractivity contribution in [3.63, 3.8) is 0 Å². The second-order valence-corrected chi connectivity index (χ2v) is 3.90. The maximum Gasteiger partial charge on any atom is 0.135 e. The SMILES string of the molecule is CO[C@H]1CC[C@](C)(F)c2cccnc21. The average molecular weight is 195 g/mol. The number of hydrogen-bond acceptors (Lipinski definition) is 2. The minimum absolute atomic E-state index is 0.0463. The molecule has 1 heterocycles. The van der Waals surface area contributed by atoms with Crippen LogP contribution in [-0.2, 0) is 10.4 Å². The molecule has 2 nitrogen and oxygen atoms in total. The second-order valence-electron chi connectivity index (χ2n) is 3.90. The Kier molecular flexibility index (Phi) is 2.27. The molecule has 76 valence electrons. The van der Waals surface area contributed by atoms with Gasteiger partial charge in [0.1, 0.15) is 5.67 Å². The molecule has 1 aromatic heterocycles.